The Labute approximate surface area is 166 Å². The topological polar surface area (TPSA) is 66.0 Å². The standard InChI is InChI=1S/C22H29NO5/c1-5-6-11-27-18-10-8-17(13-21(18)26-4)14-23-22(24)15-28-19-9-7-16(2)12-20(19)25-3/h7-10,12-13H,5-6,11,14-15H2,1-4H3,(H,23,24). The fourth-order valence-electron chi connectivity index (χ4n) is 2.56. The normalized spacial score (nSPS) is 10.3. The summed E-state index contributed by atoms with van der Waals surface area (Å²) in [5, 5.41) is 2.84. The average molecular weight is 387 g/mol. The Morgan fingerprint density at radius 3 is 2.32 bits per heavy atom. The fourth-order valence-corrected chi connectivity index (χ4v) is 2.56. The molecule has 1 N–H and O–H groups in total. The van der Waals surface area contributed by atoms with Crippen molar-refractivity contribution in [2.24, 2.45) is 0 Å². The molecule has 0 saturated heterocycles. The fraction of sp³-hybridized carbons (Fsp3) is 0.409. The minimum atomic E-state index is -0.218. The number of nitrogens with one attached hydrogen (secondary N) is 1. The zero-order valence-electron chi connectivity index (χ0n) is 17.0. The van der Waals surface area contributed by atoms with Crippen molar-refractivity contribution >= 4 is 5.91 Å². The third-order valence-corrected chi connectivity index (χ3v) is 4.15. The van der Waals surface area contributed by atoms with E-state index < -0.39 is 0 Å². The molecule has 0 spiro atoms. The maximum atomic E-state index is 12.1. The molecular weight excluding hydrogens is 358 g/mol. The number of hydrogen-bond acceptors (Lipinski definition) is 5. The van der Waals surface area contributed by atoms with Crippen LogP contribution in [0.2, 0.25) is 0 Å². The van der Waals surface area contributed by atoms with Crippen molar-refractivity contribution in [1.82, 2.24) is 5.32 Å². The van der Waals surface area contributed by atoms with Crippen molar-refractivity contribution in [1.29, 1.82) is 0 Å². The van der Waals surface area contributed by atoms with Crippen molar-refractivity contribution < 1.29 is 23.7 Å². The van der Waals surface area contributed by atoms with E-state index in [1.54, 1.807) is 20.3 Å². The molecule has 0 aromatic heterocycles. The summed E-state index contributed by atoms with van der Waals surface area (Å²) in [7, 11) is 3.18. The molecule has 0 bridgehead atoms. The van der Waals surface area contributed by atoms with Gasteiger partial charge in [0.05, 0.1) is 20.8 Å². The quantitative estimate of drug-likeness (QED) is 0.593. The molecule has 0 unspecified atom stereocenters. The molecule has 2 rings (SSSR count). The van der Waals surface area contributed by atoms with Crippen molar-refractivity contribution in [2.45, 2.75) is 33.2 Å². The predicted molar refractivity (Wildman–Crippen MR) is 108 cm³/mol. The lowest BCUT2D eigenvalue weighted by atomic mass is 10.2. The van der Waals surface area contributed by atoms with E-state index in [0.717, 1.165) is 24.0 Å². The molecule has 0 atom stereocenters. The molecule has 2 aromatic rings. The molecule has 0 heterocycles. The van der Waals surface area contributed by atoms with Crippen LogP contribution in [-0.2, 0) is 11.3 Å². The van der Waals surface area contributed by atoms with Gasteiger partial charge in [-0.05, 0) is 48.7 Å². The first-order valence-corrected chi connectivity index (χ1v) is 9.41. The van der Waals surface area contributed by atoms with Crippen LogP contribution in [0.3, 0.4) is 0 Å². The predicted octanol–water partition coefficient (Wildman–Crippen LogP) is 3.89. The smallest absolute Gasteiger partial charge is 0.258 e. The van der Waals surface area contributed by atoms with Crippen LogP contribution >= 0.6 is 0 Å². The zero-order valence-corrected chi connectivity index (χ0v) is 17.0. The van der Waals surface area contributed by atoms with Crippen LogP contribution in [0, 0.1) is 6.92 Å². The van der Waals surface area contributed by atoms with Crippen LogP contribution in [-0.4, -0.2) is 33.3 Å². The highest BCUT2D eigenvalue weighted by atomic mass is 16.5. The van der Waals surface area contributed by atoms with Crippen LogP contribution in [0.1, 0.15) is 30.9 Å². The molecule has 2 aromatic carbocycles. The van der Waals surface area contributed by atoms with Crippen LogP contribution in [0.25, 0.3) is 0 Å². The van der Waals surface area contributed by atoms with Crippen molar-refractivity contribution in [3.63, 3.8) is 0 Å². The Morgan fingerprint density at radius 1 is 0.929 bits per heavy atom. The summed E-state index contributed by atoms with van der Waals surface area (Å²) >= 11 is 0. The molecule has 6 nitrogen and oxygen atoms in total. The van der Waals surface area contributed by atoms with E-state index in [-0.39, 0.29) is 12.5 Å². The monoisotopic (exact) mass is 387 g/mol. The summed E-state index contributed by atoms with van der Waals surface area (Å²) in [5.74, 6) is 2.30. The Kier molecular flexibility index (Phi) is 8.46. The summed E-state index contributed by atoms with van der Waals surface area (Å²) in [4.78, 5) is 12.1. The van der Waals surface area contributed by atoms with Crippen molar-refractivity contribution in [3.05, 3.63) is 47.5 Å². The number of aryl methyl sites for hydroxylation is 1. The van der Waals surface area contributed by atoms with Crippen molar-refractivity contribution in [2.75, 3.05) is 27.4 Å². The van der Waals surface area contributed by atoms with E-state index in [9.17, 15) is 4.79 Å². The van der Waals surface area contributed by atoms with Gasteiger partial charge in [-0.15, -0.1) is 0 Å². The Morgan fingerprint density at radius 2 is 1.61 bits per heavy atom. The third kappa shape index (κ3) is 6.37. The number of ether oxygens (including phenoxy) is 4. The number of carbonyl (C=O) groups excluding carboxylic acids is 1. The van der Waals surface area contributed by atoms with Gasteiger partial charge in [-0.3, -0.25) is 4.79 Å². The average Bonchev–Trinajstić information content (AvgIpc) is 2.71. The van der Waals surface area contributed by atoms with Crippen LogP contribution in [0.4, 0.5) is 0 Å². The Bertz CT molecular complexity index is 776. The largest absolute Gasteiger partial charge is 0.493 e. The number of unbranched alkanes of at least 4 members (excludes halogenated alkanes) is 1. The lowest BCUT2D eigenvalue weighted by Gasteiger charge is -2.13. The maximum absolute atomic E-state index is 12.1. The molecule has 28 heavy (non-hydrogen) atoms. The maximum Gasteiger partial charge on any atom is 0.258 e. The van der Waals surface area contributed by atoms with E-state index >= 15 is 0 Å². The first-order valence-electron chi connectivity index (χ1n) is 9.41. The first-order chi connectivity index (χ1) is 13.6. The van der Waals surface area contributed by atoms with E-state index in [1.807, 2.05) is 37.3 Å². The Balaban J connectivity index is 1.87. The van der Waals surface area contributed by atoms with E-state index in [0.29, 0.717) is 36.1 Å². The molecule has 0 radical (unpaired) electrons. The molecular formula is C22H29NO5. The molecule has 0 aliphatic heterocycles. The third-order valence-electron chi connectivity index (χ3n) is 4.15. The van der Waals surface area contributed by atoms with Gasteiger partial charge in [0.1, 0.15) is 0 Å². The summed E-state index contributed by atoms with van der Waals surface area (Å²) in [6.07, 6.45) is 2.07. The lowest BCUT2D eigenvalue weighted by Crippen LogP contribution is -2.28. The molecule has 0 fully saturated rings. The lowest BCUT2D eigenvalue weighted by molar-refractivity contribution is -0.123. The van der Waals surface area contributed by atoms with Crippen LogP contribution in [0.15, 0.2) is 36.4 Å². The van der Waals surface area contributed by atoms with Gasteiger partial charge >= 0.3 is 0 Å². The van der Waals surface area contributed by atoms with Gasteiger partial charge in [0, 0.05) is 6.54 Å². The number of carbonyl (C=O) groups is 1. The molecule has 0 aliphatic rings. The van der Waals surface area contributed by atoms with Gasteiger partial charge in [-0.1, -0.05) is 25.5 Å². The zero-order chi connectivity index (χ0) is 20.4. The van der Waals surface area contributed by atoms with E-state index in [1.165, 1.54) is 0 Å². The van der Waals surface area contributed by atoms with Gasteiger partial charge < -0.3 is 24.3 Å². The van der Waals surface area contributed by atoms with Crippen molar-refractivity contribution in [3.8, 4) is 23.0 Å². The highest BCUT2D eigenvalue weighted by molar-refractivity contribution is 5.77. The molecule has 6 heteroatoms. The summed E-state index contributed by atoms with van der Waals surface area (Å²) < 4.78 is 22.0. The number of rotatable bonds is 11. The number of amides is 1. The van der Waals surface area contributed by atoms with Crippen LogP contribution < -0.4 is 24.3 Å². The summed E-state index contributed by atoms with van der Waals surface area (Å²) in [6.45, 7) is 5.02. The minimum absolute atomic E-state index is 0.0885. The Hall–Kier alpha value is -2.89. The second kappa shape index (κ2) is 11.1. The second-order valence-corrected chi connectivity index (χ2v) is 6.41. The minimum Gasteiger partial charge on any atom is -0.493 e. The van der Waals surface area contributed by atoms with Gasteiger partial charge in [-0.25, -0.2) is 0 Å². The van der Waals surface area contributed by atoms with E-state index in [4.69, 9.17) is 18.9 Å². The highest BCUT2D eigenvalue weighted by Crippen LogP contribution is 2.29. The molecule has 0 aliphatic carbocycles. The number of benzene rings is 2. The number of hydrogen-bond donors (Lipinski definition) is 1. The first kappa shape index (κ1) is 21.4. The summed E-state index contributed by atoms with van der Waals surface area (Å²) in [6, 6.07) is 11.2. The van der Waals surface area contributed by atoms with Crippen LogP contribution in [0.5, 0.6) is 23.0 Å². The van der Waals surface area contributed by atoms with Gasteiger partial charge in [0.2, 0.25) is 0 Å². The summed E-state index contributed by atoms with van der Waals surface area (Å²) in [5.41, 5.74) is 1.98. The van der Waals surface area contributed by atoms with Gasteiger partial charge in [0.25, 0.3) is 5.91 Å². The number of methoxy groups -OCH3 is 2. The van der Waals surface area contributed by atoms with Gasteiger partial charge in [0.15, 0.2) is 29.6 Å². The second-order valence-electron chi connectivity index (χ2n) is 6.41. The highest BCUT2D eigenvalue weighted by Gasteiger charge is 2.09. The molecule has 1 amide bonds. The van der Waals surface area contributed by atoms with Gasteiger partial charge in [-0.2, -0.15) is 0 Å². The molecule has 152 valence electrons. The SMILES string of the molecule is CCCCOc1ccc(CNC(=O)COc2ccc(C)cc2OC)cc1OC. The molecule has 0 saturated carbocycles. The van der Waals surface area contributed by atoms with E-state index in [2.05, 4.69) is 12.2 Å².